The third kappa shape index (κ3) is 5.04. The molecular formula is C19H29F2NO3Si. The first-order valence-corrected chi connectivity index (χ1v) is 11.8. The van der Waals surface area contributed by atoms with Crippen molar-refractivity contribution >= 4 is 20.0 Å². The summed E-state index contributed by atoms with van der Waals surface area (Å²) in [6.07, 6.45) is -0.771. The molecule has 0 saturated carbocycles. The molecule has 1 aliphatic heterocycles. The molecule has 0 radical (unpaired) electrons. The molecule has 1 unspecified atom stereocenters. The molecule has 7 heteroatoms. The zero-order valence-electron chi connectivity index (χ0n) is 16.2. The fourth-order valence-electron chi connectivity index (χ4n) is 2.73. The van der Waals surface area contributed by atoms with Crippen LogP contribution >= 0.6 is 0 Å². The summed E-state index contributed by atoms with van der Waals surface area (Å²) in [5.74, 6) is -3.61. The summed E-state index contributed by atoms with van der Waals surface area (Å²) in [5, 5.41) is 9.48. The molecular weight excluding hydrogens is 356 g/mol. The van der Waals surface area contributed by atoms with Crippen LogP contribution in [-0.4, -0.2) is 44.5 Å². The normalized spacial score (nSPS) is 18.8. The van der Waals surface area contributed by atoms with Gasteiger partial charge in [0.25, 0.3) is 5.92 Å². The maximum atomic E-state index is 13.4. The van der Waals surface area contributed by atoms with Crippen molar-refractivity contribution in [2.75, 3.05) is 18.0 Å². The number of anilines is 1. The lowest BCUT2D eigenvalue weighted by molar-refractivity contribution is -0.145. The van der Waals surface area contributed by atoms with Gasteiger partial charge in [-0.05, 0) is 35.8 Å². The van der Waals surface area contributed by atoms with Crippen molar-refractivity contribution in [3.63, 3.8) is 0 Å². The van der Waals surface area contributed by atoms with Crippen LogP contribution < -0.4 is 4.90 Å². The van der Waals surface area contributed by atoms with Crippen LogP contribution in [0.25, 0.3) is 0 Å². The maximum Gasteiger partial charge on any atom is 0.331 e. The smallest absolute Gasteiger partial charge is 0.331 e. The predicted molar refractivity (Wildman–Crippen MR) is 102 cm³/mol. The highest BCUT2D eigenvalue weighted by Crippen LogP contribution is 2.38. The summed E-state index contributed by atoms with van der Waals surface area (Å²) in [4.78, 5) is 13.3. The van der Waals surface area contributed by atoms with Crippen LogP contribution in [0.15, 0.2) is 24.3 Å². The minimum absolute atomic E-state index is 0.0778. The van der Waals surface area contributed by atoms with Gasteiger partial charge in [-0.1, -0.05) is 32.9 Å². The number of alkyl halides is 2. The summed E-state index contributed by atoms with van der Waals surface area (Å²) in [6, 6.07) is 7.16. The van der Waals surface area contributed by atoms with Crippen molar-refractivity contribution < 1.29 is 23.1 Å². The highest BCUT2D eigenvalue weighted by Gasteiger charge is 2.41. The SMILES string of the molecule is CC(C)(C)[Si](C)(C)OC(Cc1ccc(N2CCC(F)(F)C2)cc1)C(=O)O. The average molecular weight is 386 g/mol. The third-order valence-corrected chi connectivity index (χ3v) is 9.90. The predicted octanol–water partition coefficient (Wildman–Crippen LogP) is 4.55. The van der Waals surface area contributed by atoms with Gasteiger partial charge in [0.2, 0.25) is 0 Å². The fourth-order valence-corrected chi connectivity index (χ4v) is 3.97. The maximum absolute atomic E-state index is 13.4. The molecule has 2 rings (SSSR count). The molecule has 1 aromatic carbocycles. The molecule has 1 heterocycles. The molecule has 4 nitrogen and oxygen atoms in total. The van der Waals surface area contributed by atoms with Crippen LogP contribution in [0, 0.1) is 0 Å². The zero-order valence-corrected chi connectivity index (χ0v) is 17.2. The third-order valence-electron chi connectivity index (χ3n) is 5.41. The van der Waals surface area contributed by atoms with Gasteiger partial charge in [-0.2, -0.15) is 0 Å². The van der Waals surface area contributed by atoms with E-state index in [1.54, 1.807) is 29.2 Å². The fraction of sp³-hybridized carbons (Fsp3) is 0.632. The number of aliphatic carboxylic acids is 1. The number of nitrogens with zero attached hydrogens (tertiary/aromatic N) is 1. The van der Waals surface area contributed by atoms with Crippen molar-refractivity contribution in [1.82, 2.24) is 0 Å². The quantitative estimate of drug-likeness (QED) is 0.730. The monoisotopic (exact) mass is 385 g/mol. The Morgan fingerprint density at radius 2 is 1.88 bits per heavy atom. The number of carboxylic acid groups (broad SMARTS) is 1. The molecule has 26 heavy (non-hydrogen) atoms. The van der Waals surface area contributed by atoms with Crippen molar-refractivity contribution in [2.45, 2.75) is 63.8 Å². The summed E-state index contributed by atoms with van der Waals surface area (Å²) in [7, 11) is -2.21. The van der Waals surface area contributed by atoms with Gasteiger partial charge in [-0.25, -0.2) is 13.6 Å². The second-order valence-corrected chi connectivity index (χ2v) is 13.4. The standard InChI is InChI=1S/C19H29F2NO3Si/c1-18(2,3)26(4,5)25-16(17(23)24)12-14-6-8-15(9-7-14)22-11-10-19(20,21)13-22/h6-9,16H,10-13H2,1-5H3,(H,23,24). The van der Waals surface area contributed by atoms with Gasteiger partial charge in [-0.3, -0.25) is 0 Å². The van der Waals surface area contributed by atoms with E-state index in [0.717, 1.165) is 11.3 Å². The Balaban J connectivity index is 2.07. The largest absolute Gasteiger partial charge is 0.479 e. The van der Waals surface area contributed by atoms with Gasteiger partial charge in [-0.15, -0.1) is 0 Å². The van der Waals surface area contributed by atoms with Gasteiger partial charge in [0.15, 0.2) is 8.32 Å². The van der Waals surface area contributed by atoms with E-state index in [-0.39, 0.29) is 24.4 Å². The van der Waals surface area contributed by atoms with Crippen molar-refractivity contribution in [3.8, 4) is 0 Å². The summed E-state index contributed by atoms with van der Waals surface area (Å²) in [5.41, 5.74) is 1.56. The number of benzene rings is 1. The Kier molecular flexibility index (Phi) is 5.82. The summed E-state index contributed by atoms with van der Waals surface area (Å²) < 4.78 is 32.8. The number of halogens is 2. The highest BCUT2D eigenvalue weighted by molar-refractivity contribution is 6.74. The van der Waals surface area contributed by atoms with Gasteiger partial charge in [0.1, 0.15) is 6.10 Å². The van der Waals surface area contributed by atoms with Gasteiger partial charge in [0.05, 0.1) is 6.54 Å². The Labute approximate surface area is 155 Å². The Morgan fingerprint density at radius 1 is 1.31 bits per heavy atom. The number of rotatable bonds is 6. The molecule has 1 N–H and O–H groups in total. The summed E-state index contributed by atoms with van der Waals surface area (Å²) >= 11 is 0. The molecule has 0 amide bonds. The lowest BCUT2D eigenvalue weighted by Crippen LogP contribution is -2.46. The van der Waals surface area contributed by atoms with E-state index in [2.05, 4.69) is 20.8 Å². The Hall–Kier alpha value is -1.47. The second kappa shape index (κ2) is 7.27. The minimum Gasteiger partial charge on any atom is -0.479 e. The zero-order chi connectivity index (χ0) is 19.8. The van der Waals surface area contributed by atoms with E-state index in [9.17, 15) is 18.7 Å². The number of carbonyl (C=O) groups is 1. The first-order valence-electron chi connectivity index (χ1n) is 8.93. The van der Waals surface area contributed by atoms with Crippen molar-refractivity contribution in [3.05, 3.63) is 29.8 Å². The lowest BCUT2D eigenvalue weighted by atomic mass is 10.1. The molecule has 0 bridgehead atoms. The van der Waals surface area contributed by atoms with E-state index in [4.69, 9.17) is 4.43 Å². The Morgan fingerprint density at radius 3 is 2.31 bits per heavy atom. The van der Waals surface area contributed by atoms with Crippen LogP contribution in [0.4, 0.5) is 14.5 Å². The van der Waals surface area contributed by atoms with Crippen LogP contribution in [0.3, 0.4) is 0 Å². The van der Waals surface area contributed by atoms with Gasteiger partial charge < -0.3 is 14.4 Å². The van der Waals surface area contributed by atoms with E-state index in [1.807, 2.05) is 13.1 Å². The molecule has 1 fully saturated rings. The lowest BCUT2D eigenvalue weighted by Gasteiger charge is -2.38. The molecule has 0 aromatic heterocycles. The van der Waals surface area contributed by atoms with E-state index >= 15 is 0 Å². The molecule has 1 aliphatic rings. The summed E-state index contributed by atoms with van der Waals surface area (Å²) in [6.45, 7) is 10.3. The van der Waals surface area contributed by atoms with E-state index < -0.39 is 26.3 Å². The first-order chi connectivity index (χ1) is 11.8. The first kappa shape index (κ1) is 20.8. The van der Waals surface area contributed by atoms with E-state index in [0.29, 0.717) is 6.54 Å². The van der Waals surface area contributed by atoms with Gasteiger partial charge >= 0.3 is 5.97 Å². The molecule has 0 aliphatic carbocycles. The van der Waals surface area contributed by atoms with Crippen molar-refractivity contribution in [2.24, 2.45) is 0 Å². The molecule has 1 atom stereocenters. The molecule has 146 valence electrons. The Bertz CT molecular complexity index is 641. The number of hydrogen-bond donors (Lipinski definition) is 1. The van der Waals surface area contributed by atoms with Crippen LogP contribution in [0.2, 0.25) is 18.1 Å². The molecule has 1 saturated heterocycles. The van der Waals surface area contributed by atoms with Crippen LogP contribution in [0.5, 0.6) is 0 Å². The van der Waals surface area contributed by atoms with Crippen molar-refractivity contribution in [1.29, 1.82) is 0 Å². The van der Waals surface area contributed by atoms with E-state index in [1.165, 1.54) is 0 Å². The molecule has 1 aromatic rings. The van der Waals surface area contributed by atoms with Gasteiger partial charge in [0, 0.05) is 25.1 Å². The molecule has 0 spiro atoms. The highest BCUT2D eigenvalue weighted by atomic mass is 28.4. The van der Waals surface area contributed by atoms with Crippen LogP contribution in [-0.2, 0) is 15.6 Å². The topological polar surface area (TPSA) is 49.8 Å². The van der Waals surface area contributed by atoms with Crippen LogP contribution in [0.1, 0.15) is 32.8 Å². The minimum atomic E-state index is -2.63. The average Bonchev–Trinajstić information content (AvgIpc) is 2.86. The number of carboxylic acids is 1. The second-order valence-electron chi connectivity index (χ2n) is 8.60. The number of hydrogen-bond acceptors (Lipinski definition) is 3.